The van der Waals surface area contributed by atoms with Gasteiger partial charge in [-0.3, -0.25) is 0 Å². The van der Waals surface area contributed by atoms with Crippen LogP contribution in [0, 0.1) is 0 Å². The Morgan fingerprint density at radius 2 is 0.769 bits per heavy atom. The van der Waals surface area contributed by atoms with Gasteiger partial charge in [0.2, 0.25) is 0 Å². The third-order valence-corrected chi connectivity index (χ3v) is 4.63. The molecule has 26 heavy (non-hydrogen) atoms. The van der Waals surface area contributed by atoms with Crippen molar-refractivity contribution in [2.24, 2.45) is 0 Å². The van der Waals surface area contributed by atoms with Crippen LogP contribution in [0.1, 0.15) is 122 Å². The van der Waals surface area contributed by atoms with Crippen LogP contribution in [-0.2, 0) is 0 Å². The normalized spacial score (nSPS) is 10.8. The van der Waals surface area contributed by atoms with Crippen LogP contribution in [0.4, 0.5) is 0 Å². The monoisotopic (exact) mass is 376 g/mol. The van der Waals surface area contributed by atoms with Crippen molar-refractivity contribution in [1.29, 1.82) is 0 Å². The van der Waals surface area contributed by atoms with Gasteiger partial charge in [-0.05, 0) is 25.7 Å². The highest BCUT2D eigenvalue weighted by atomic mass is 16.5. The van der Waals surface area contributed by atoms with Crippen LogP contribution in [0.3, 0.4) is 0 Å². The number of aliphatic hydroxyl groups excluding tert-OH is 3. The molecule has 0 aromatic carbocycles. The molecule has 0 aromatic rings. The van der Waals surface area contributed by atoms with Gasteiger partial charge in [0.25, 0.3) is 0 Å². The van der Waals surface area contributed by atoms with Crippen molar-refractivity contribution in [2.75, 3.05) is 13.2 Å². The average molecular weight is 377 g/mol. The lowest BCUT2D eigenvalue weighted by Crippen LogP contribution is -2.02. The summed E-state index contributed by atoms with van der Waals surface area (Å²) in [6.45, 7) is 2.91. The van der Waals surface area contributed by atoms with E-state index in [4.69, 9.17) is 20.4 Å². The number of unbranched alkanes of at least 4 members (excludes halogenated alkanes) is 15. The van der Waals surface area contributed by atoms with E-state index in [1.54, 1.807) is 0 Å². The molecule has 0 aromatic heterocycles. The molecular formula is C22H48O4. The molecular weight excluding hydrogens is 328 g/mol. The Labute approximate surface area is 163 Å². The standard InChI is InChI=1S/2C11H24O2/c1-2-3-4-5-6-7-8-9-10-11(12)13;12-10-8-6-4-2-1-3-5-7-9-11-13/h11-13H,2-10H2,1H3;12-13H,1-11H2. The van der Waals surface area contributed by atoms with Gasteiger partial charge in [-0.1, -0.05) is 96.8 Å². The minimum Gasteiger partial charge on any atom is -0.396 e. The molecule has 0 aliphatic carbocycles. The smallest absolute Gasteiger partial charge is 0.151 e. The highest BCUT2D eigenvalue weighted by Crippen LogP contribution is 2.10. The quantitative estimate of drug-likeness (QED) is 0.182. The summed E-state index contributed by atoms with van der Waals surface area (Å²) >= 11 is 0. The molecule has 0 aliphatic heterocycles. The first-order valence-electron chi connectivity index (χ1n) is 11.3. The van der Waals surface area contributed by atoms with Crippen molar-refractivity contribution in [2.45, 2.75) is 129 Å². The van der Waals surface area contributed by atoms with E-state index in [1.165, 1.54) is 83.5 Å². The van der Waals surface area contributed by atoms with Crippen LogP contribution in [-0.4, -0.2) is 39.9 Å². The van der Waals surface area contributed by atoms with E-state index in [-0.39, 0.29) is 0 Å². The first-order valence-corrected chi connectivity index (χ1v) is 11.3. The molecule has 0 spiro atoms. The zero-order chi connectivity index (χ0) is 19.7. The second-order valence-corrected chi connectivity index (χ2v) is 7.37. The fourth-order valence-corrected chi connectivity index (χ4v) is 2.92. The van der Waals surface area contributed by atoms with Crippen LogP contribution in [0.25, 0.3) is 0 Å². The van der Waals surface area contributed by atoms with Gasteiger partial charge in [0.15, 0.2) is 6.29 Å². The summed E-state index contributed by atoms with van der Waals surface area (Å²) in [6.07, 6.45) is 20.2. The molecule has 4 nitrogen and oxygen atoms in total. The Hall–Kier alpha value is -0.160. The molecule has 4 N–H and O–H groups in total. The number of hydrogen-bond donors (Lipinski definition) is 4. The molecule has 0 bridgehead atoms. The van der Waals surface area contributed by atoms with Crippen molar-refractivity contribution >= 4 is 0 Å². The molecule has 0 saturated heterocycles. The van der Waals surface area contributed by atoms with E-state index in [0.29, 0.717) is 19.6 Å². The van der Waals surface area contributed by atoms with E-state index in [2.05, 4.69) is 6.92 Å². The Morgan fingerprint density at radius 3 is 1.08 bits per heavy atom. The van der Waals surface area contributed by atoms with Gasteiger partial charge in [0.05, 0.1) is 0 Å². The van der Waals surface area contributed by atoms with E-state index >= 15 is 0 Å². The van der Waals surface area contributed by atoms with Crippen molar-refractivity contribution in [3.05, 3.63) is 0 Å². The fraction of sp³-hybridized carbons (Fsp3) is 1.00. The van der Waals surface area contributed by atoms with Crippen LogP contribution in [0.2, 0.25) is 0 Å². The van der Waals surface area contributed by atoms with Crippen LogP contribution in [0.5, 0.6) is 0 Å². The highest BCUT2D eigenvalue weighted by Gasteiger charge is 1.96. The number of hydrogen-bond acceptors (Lipinski definition) is 4. The van der Waals surface area contributed by atoms with E-state index in [0.717, 1.165) is 25.7 Å². The maximum Gasteiger partial charge on any atom is 0.151 e. The Morgan fingerprint density at radius 1 is 0.462 bits per heavy atom. The molecule has 160 valence electrons. The van der Waals surface area contributed by atoms with Gasteiger partial charge >= 0.3 is 0 Å². The fourth-order valence-electron chi connectivity index (χ4n) is 2.92. The molecule has 0 fully saturated rings. The highest BCUT2D eigenvalue weighted by molar-refractivity contribution is 4.48. The first kappa shape index (κ1) is 28.1. The number of aliphatic hydroxyl groups is 4. The maximum atomic E-state index is 8.58. The molecule has 0 amide bonds. The SMILES string of the molecule is CCCCCCCCCCC(O)O.OCCCCCCCCCCCO. The molecule has 0 saturated carbocycles. The van der Waals surface area contributed by atoms with Gasteiger partial charge in [-0.2, -0.15) is 0 Å². The molecule has 0 atom stereocenters. The molecule has 0 aliphatic rings. The average Bonchev–Trinajstić information content (AvgIpc) is 2.63. The maximum absolute atomic E-state index is 8.58. The van der Waals surface area contributed by atoms with Crippen LogP contribution >= 0.6 is 0 Å². The summed E-state index contributed by atoms with van der Waals surface area (Å²) in [6, 6.07) is 0. The Kier molecular flexibility index (Phi) is 29.2. The summed E-state index contributed by atoms with van der Waals surface area (Å²) in [4.78, 5) is 0. The lowest BCUT2D eigenvalue weighted by atomic mass is 10.1. The molecule has 0 rings (SSSR count). The predicted octanol–water partition coefficient (Wildman–Crippen LogP) is 5.31. The van der Waals surface area contributed by atoms with Gasteiger partial charge < -0.3 is 20.4 Å². The summed E-state index contributed by atoms with van der Waals surface area (Å²) < 4.78 is 0. The van der Waals surface area contributed by atoms with Crippen molar-refractivity contribution in [1.82, 2.24) is 0 Å². The Bertz CT molecular complexity index is 212. The lowest BCUT2D eigenvalue weighted by molar-refractivity contribution is -0.0466. The zero-order valence-electron chi connectivity index (χ0n) is 17.5. The molecule has 4 heteroatoms. The van der Waals surface area contributed by atoms with E-state index < -0.39 is 6.29 Å². The van der Waals surface area contributed by atoms with Crippen molar-refractivity contribution in [3.8, 4) is 0 Å². The van der Waals surface area contributed by atoms with Gasteiger partial charge in [0, 0.05) is 13.2 Å². The van der Waals surface area contributed by atoms with Crippen molar-refractivity contribution < 1.29 is 20.4 Å². The minimum absolute atomic E-state index is 0.344. The largest absolute Gasteiger partial charge is 0.396 e. The van der Waals surface area contributed by atoms with E-state index in [1.807, 2.05) is 0 Å². The second kappa shape index (κ2) is 27.1. The summed E-state index contributed by atoms with van der Waals surface area (Å²) in [5.74, 6) is 0. The van der Waals surface area contributed by atoms with Crippen LogP contribution < -0.4 is 0 Å². The topological polar surface area (TPSA) is 80.9 Å². The molecule has 0 unspecified atom stereocenters. The second-order valence-electron chi connectivity index (χ2n) is 7.37. The van der Waals surface area contributed by atoms with Crippen LogP contribution in [0.15, 0.2) is 0 Å². The van der Waals surface area contributed by atoms with Crippen molar-refractivity contribution in [3.63, 3.8) is 0 Å². The third kappa shape index (κ3) is 31.6. The molecule has 0 heterocycles. The van der Waals surface area contributed by atoms with Gasteiger partial charge in [-0.15, -0.1) is 0 Å². The van der Waals surface area contributed by atoms with Gasteiger partial charge in [-0.25, -0.2) is 0 Å². The summed E-state index contributed by atoms with van der Waals surface area (Å²) in [7, 11) is 0. The predicted molar refractivity (Wildman–Crippen MR) is 111 cm³/mol. The van der Waals surface area contributed by atoms with Gasteiger partial charge in [0.1, 0.15) is 0 Å². The zero-order valence-corrected chi connectivity index (χ0v) is 17.5. The first-order chi connectivity index (χ1) is 12.7. The number of rotatable bonds is 19. The lowest BCUT2D eigenvalue weighted by Gasteiger charge is -2.03. The summed E-state index contributed by atoms with van der Waals surface area (Å²) in [5.41, 5.74) is 0. The molecule has 0 radical (unpaired) electrons. The van der Waals surface area contributed by atoms with E-state index in [9.17, 15) is 0 Å². The summed E-state index contributed by atoms with van der Waals surface area (Å²) in [5, 5.41) is 34.2. The minimum atomic E-state index is -1.10. The third-order valence-electron chi connectivity index (χ3n) is 4.63. The Balaban J connectivity index is 0.